The number of urea groups is 1. The van der Waals surface area contributed by atoms with Gasteiger partial charge in [-0.25, -0.2) is 4.79 Å². The van der Waals surface area contributed by atoms with Crippen molar-refractivity contribution >= 4 is 35.4 Å². The lowest BCUT2D eigenvalue weighted by atomic mass is 9.98. The van der Waals surface area contributed by atoms with E-state index in [4.69, 9.17) is 16.3 Å². The second-order valence-electron chi connectivity index (χ2n) is 7.22. The molecule has 2 aliphatic rings. The minimum Gasteiger partial charge on any atom is -0.484 e. The molecule has 5 amide bonds. The van der Waals surface area contributed by atoms with Crippen molar-refractivity contribution < 1.29 is 23.9 Å². The molecule has 0 aromatic heterocycles. The third-order valence-corrected chi connectivity index (χ3v) is 5.53. The fourth-order valence-electron chi connectivity index (χ4n) is 3.50. The smallest absolute Gasteiger partial charge is 0.325 e. The zero-order chi connectivity index (χ0) is 21.0. The Kier molecular flexibility index (Phi) is 6.26. The van der Waals surface area contributed by atoms with Gasteiger partial charge in [0.05, 0.1) is 0 Å². The minimum atomic E-state index is -0.793. The van der Waals surface area contributed by atoms with Gasteiger partial charge in [0.2, 0.25) is 5.91 Å². The highest BCUT2D eigenvalue weighted by molar-refractivity contribution is 6.31. The fourth-order valence-corrected chi connectivity index (χ4v) is 3.62. The maximum Gasteiger partial charge on any atom is 0.325 e. The number of ether oxygens (including phenoxy) is 1. The largest absolute Gasteiger partial charge is 0.484 e. The summed E-state index contributed by atoms with van der Waals surface area (Å²) in [6, 6.07) is 4.53. The quantitative estimate of drug-likeness (QED) is 0.473. The van der Waals surface area contributed by atoms with Crippen LogP contribution in [0.1, 0.15) is 37.7 Å². The Balaban J connectivity index is 1.38. The van der Waals surface area contributed by atoms with E-state index in [0.29, 0.717) is 23.6 Å². The van der Waals surface area contributed by atoms with Crippen molar-refractivity contribution in [2.24, 2.45) is 0 Å². The number of hydrazine groups is 1. The Bertz CT molecular complexity index is 838. The maximum atomic E-state index is 12.5. The lowest BCUT2D eigenvalue weighted by Gasteiger charge is -2.19. The van der Waals surface area contributed by atoms with Gasteiger partial charge in [0.15, 0.2) is 6.61 Å². The molecule has 156 valence electrons. The molecule has 29 heavy (non-hydrogen) atoms. The van der Waals surface area contributed by atoms with Crippen LogP contribution in [0.25, 0.3) is 0 Å². The Morgan fingerprint density at radius 1 is 1.21 bits per heavy atom. The average Bonchev–Trinajstić information content (AvgIpc) is 3.25. The zero-order valence-electron chi connectivity index (χ0n) is 16.0. The number of rotatable bonds is 6. The Morgan fingerprint density at radius 3 is 2.59 bits per heavy atom. The highest BCUT2D eigenvalue weighted by Crippen LogP contribution is 2.35. The molecule has 1 spiro atoms. The van der Waals surface area contributed by atoms with Gasteiger partial charge < -0.3 is 10.1 Å². The van der Waals surface area contributed by atoms with Crippen LogP contribution < -0.4 is 20.9 Å². The van der Waals surface area contributed by atoms with Crippen molar-refractivity contribution in [3.05, 3.63) is 28.8 Å². The number of halogens is 1. The van der Waals surface area contributed by atoms with Crippen molar-refractivity contribution in [3.8, 4) is 5.75 Å². The third-order valence-electron chi connectivity index (χ3n) is 5.11. The van der Waals surface area contributed by atoms with Crippen molar-refractivity contribution in [1.82, 2.24) is 21.1 Å². The second kappa shape index (κ2) is 8.69. The maximum absolute atomic E-state index is 12.5. The molecule has 2 fully saturated rings. The number of hydrogen-bond acceptors (Lipinski definition) is 5. The summed E-state index contributed by atoms with van der Waals surface area (Å²) in [4.78, 5) is 49.4. The summed E-state index contributed by atoms with van der Waals surface area (Å²) < 4.78 is 5.33. The van der Waals surface area contributed by atoms with Gasteiger partial charge in [-0.1, -0.05) is 24.4 Å². The molecule has 3 N–H and O–H groups in total. The molecular formula is C19H23ClN4O5. The van der Waals surface area contributed by atoms with Gasteiger partial charge in [-0.3, -0.25) is 30.1 Å². The lowest BCUT2D eigenvalue weighted by Crippen LogP contribution is -2.46. The number of aryl methyl sites for hydroxylation is 1. The van der Waals surface area contributed by atoms with E-state index in [-0.39, 0.29) is 25.5 Å². The highest BCUT2D eigenvalue weighted by atomic mass is 35.5. The molecule has 10 heteroatoms. The minimum absolute atomic E-state index is 0.0470. The monoisotopic (exact) mass is 422 g/mol. The van der Waals surface area contributed by atoms with Crippen LogP contribution in [0.2, 0.25) is 5.02 Å². The number of carbonyl (C=O) groups excluding carboxylic acids is 4. The van der Waals surface area contributed by atoms with Crippen molar-refractivity contribution in [2.75, 3.05) is 13.2 Å². The van der Waals surface area contributed by atoms with Crippen LogP contribution in [0, 0.1) is 6.92 Å². The average molecular weight is 423 g/mol. The van der Waals surface area contributed by atoms with Crippen molar-refractivity contribution in [3.63, 3.8) is 0 Å². The summed E-state index contributed by atoms with van der Waals surface area (Å²) in [7, 11) is 0. The van der Waals surface area contributed by atoms with E-state index in [1.807, 2.05) is 6.92 Å². The summed E-state index contributed by atoms with van der Waals surface area (Å²) in [5.74, 6) is -0.865. The number of carbonyl (C=O) groups is 4. The SMILES string of the molecule is Cc1cc(OCC(=O)NNC(=O)CCN2C(=O)NC3(CCCC3)C2=O)ccc1Cl. The summed E-state index contributed by atoms with van der Waals surface area (Å²) in [5.41, 5.74) is 4.50. The van der Waals surface area contributed by atoms with Crippen LogP contribution in [-0.4, -0.2) is 47.3 Å². The van der Waals surface area contributed by atoms with Crippen LogP contribution in [0.3, 0.4) is 0 Å². The van der Waals surface area contributed by atoms with Crippen LogP contribution >= 0.6 is 11.6 Å². The van der Waals surface area contributed by atoms with Crippen LogP contribution in [-0.2, 0) is 14.4 Å². The lowest BCUT2D eigenvalue weighted by molar-refractivity contribution is -0.132. The summed E-state index contributed by atoms with van der Waals surface area (Å²) in [6.45, 7) is 1.47. The Hall–Kier alpha value is -2.81. The van der Waals surface area contributed by atoms with Crippen LogP contribution in [0.15, 0.2) is 18.2 Å². The molecule has 0 atom stereocenters. The number of amides is 5. The molecule has 1 saturated heterocycles. The van der Waals surface area contributed by atoms with E-state index in [1.54, 1.807) is 18.2 Å². The van der Waals surface area contributed by atoms with Crippen molar-refractivity contribution in [1.29, 1.82) is 0 Å². The van der Waals surface area contributed by atoms with Crippen molar-refractivity contribution in [2.45, 2.75) is 44.6 Å². The van der Waals surface area contributed by atoms with Gasteiger partial charge in [0.1, 0.15) is 11.3 Å². The Morgan fingerprint density at radius 2 is 1.90 bits per heavy atom. The zero-order valence-corrected chi connectivity index (χ0v) is 16.8. The van der Waals surface area contributed by atoms with Gasteiger partial charge >= 0.3 is 6.03 Å². The van der Waals surface area contributed by atoms with Gasteiger partial charge in [0.25, 0.3) is 11.8 Å². The van der Waals surface area contributed by atoms with E-state index < -0.39 is 23.4 Å². The molecule has 1 saturated carbocycles. The molecule has 0 unspecified atom stereocenters. The molecule has 0 bridgehead atoms. The first-order valence-electron chi connectivity index (χ1n) is 9.41. The summed E-state index contributed by atoms with van der Waals surface area (Å²) in [5, 5.41) is 3.35. The molecule has 3 rings (SSSR count). The normalized spacial score (nSPS) is 17.4. The molecule has 9 nitrogen and oxygen atoms in total. The van der Waals surface area contributed by atoms with Gasteiger partial charge in [-0.05, 0) is 43.5 Å². The Labute approximate surface area is 173 Å². The fraction of sp³-hybridized carbons (Fsp3) is 0.474. The summed E-state index contributed by atoms with van der Waals surface area (Å²) >= 11 is 5.93. The first-order valence-corrected chi connectivity index (χ1v) is 9.79. The topological polar surface area (TPSA) is 117 Å². The molecule has 1 aromatic carbocycles. The number of nitrogens with one attached hydrogen (secondary N) is 3. The number of imide groups is 1. The molecule has 1 aliphatic carbocycles. The van der Waals surface area contributed by atoms with Crippen LogP contribution in [0.5, 0.6) is 5.75 Å². The van der Waals surface area contributed by atoms with E-state index in [9.17, 15) is 19.2 Å². The predicted octanol–water partition coefficient (Wildman–Crippen LogP) is 1.43. The van der Waals surface area contributed by atoms with E-state index >= 15 is 0 Å². The highest BCUT2D eigenvalue weighted by Gasteiger charge is 2.52. The standard InChI is InChI=1S/C19H23ClN4O5/c1-12-10-13(4-5-14(12)20)29-11-16(26)23-22-15(25)6-9-24-17(27)19(21-18(24)28)7-2-3-8-19/h4-5,10H,2-3,6-9,11H2,1H3,(H,21,28)(H,22,25)(H,23,26). The molecule has 1 heterocycles. The van der Waals surface area contributed by atoms with E-state index in [1.165, 1.54) is 0 Å². The van der Waals surface area contributed by atoms with Gasteiger partial charge in [-0.2, -0.15) is 0 Å². The second-order valence-corrected chi connectivity index (χ2v) is 7.63. The first kappa shape index (κ1) is 20.9. The molecular weight excluding hydrogens is 400 g/mol. The number of hydrogen-bond donors (Lipinski definition) is 3. The number of benzene rings is 1. The molecule has 0 radical (unpaired) electrons. The van der Waals surface area contributed by atoms with E-state index in [2.05, 4.69) is 16.2 Å². The molecule has 1 aromatic rings. The van der Waals surface area contributed by atoms with E-state index in [0.717, 1.165) is 23.3 Å². The molecule has 1 aliphatic heterocycles. The predicted molar refractivity (Wildman–Crippen MR) is 104 cm³/mol. The van der Waals surface area contributed by atoms with Gasteiger partial charge in [-0.15, -0.1) is 0 Å². The van der Waals surface area contributed by atoms with Gasteiger partial charge in [0, 0.05) is 18.0 Å². The third kappa shape index (κ3) is 4.79. The number of nitrogens with zero attached hydrogens (tertiary/aromatic N) is 1. The summed E-state index contributed by atoms with van der Waals surface area (Å²) in [6.07, 6.45) is 2.92. The first-order chi connectivity index (χ1) is 13.8. The van der Waals surface area contributed by atoms with Crippen LogP contribution in [0.4, 0.5) is 4.79 Å².